The molecule has 300 valence electrons. The van der Waals surface area contributed by atoms with Crippen LogP contribution < -0.4 is 0 Å². The zero-order valence-electron chi connectivity index (χ0n) is 35.8. The first-order valence-electron chi connectivity index (χ1n) is 21.0. The molecule has 61 heavy (non-hydrogen) atoms. The fraction of sp³-hybridized carbons (Fsp3) is 0.0847. The molecule has 8 aromatic rings. The fourth-order valence-corrected chi connectivity index (χ4v) is 7.47. The Kier molecular flexibility index (Phi) is 15.2. The van der Waals surface area contributed by atoms with Crippen LogP contribution in [0.4, 0.5) is 0 Å². The Balaban J connectivity index is 0.000000233. The lowest BCUT2D eigenvalue weighted by atomic mass is 9.92. The minimum Gasteiger partial charge on any atom is -0.300 e. The van der Waals surface area contributed by atoms with E-state index in [1.54, 1.807) is 12.2 Å². The van der Waals surface area contributed by atoms with E-state index in [0.29, 0.717) is 11.4 Å². The molecule has 0 aliphatic heterocycles. The van der Waals surface area contributed by atoms with E-state index in [1.807, 2.05) is 73.7 Å². The monoisotopic (exact) mass is 790 g/mol. The molecular weight excluding hydrogens is 737 g/mol. The second-order valence-electron chi connectivity index (χ2n) is 14.7. The Hall–Kier alpha value is -7.42. The number of benzene rings is 8. The summed E-state index contributed by atoms with van der Waals surface area (Å²) in [5.41, 5.74) is 6.19. The van der Waals surface area contributed by atoms with Crippen molar-refractivity contribution in [3.63, 3.8) is 0 Å². The zero-order chi connectivity index (χ0) is 43.0. The molecule has 1 N–H and O–H groups in total. The lowest BCUT2D eigenvalue weighted by Crippen LogP contribution is -1.98. The van der Waals surface area contributed by atoms with Crippen LogP contribution in [0.1, 0.15) is 38.3 Å². The molecule has 0 saturated heterocycles. The highest BCUT2D eigenvalue weighted by Crippen LogP contribution is 2.36. The minimum absolute atomic E-state index is 0.366. The molecule has 0 amide bonds. The molecule has 0 aromatic heterocycles. The first-order valence-corrected chi connectivity index (χ1v) is 21.0. The number of fused-ring (bicyclic) bond motifs is 9. The van der Waals surface area contributed by atoms with Gasteiger partial charge in [0.25, 0.3) is 0 Å². The van der Waals surface area contributed by atoms with Gasteiger partial charge in [0.05, 0.1) is 11.4 Å². The lowest BCUT2D eigenvalue weighted by molar-refractivity contribution is 1.09. The third-order valence-corrected chi connectivity index (χ3v) is 10.2. The van der Waals surface area contributed by atoms with E-state index >= 15 is 0 Å². The SMILES string of the molecule is C=C/C=C\C=C/C=C(\C=C\C=C\C)C(=C/C(=N)c1cccc(-c2cc3ccccc3c3ccccc23)c1)/N=C.CCC.Cc1ccc2c3ccccc3c3ccccc3c2c1. The molecule has 0 bridgehead atoms. The van der Waals surface area contributed by atoms with Crippen molar-refractivity contribution in [2.45, 2.75) is 34.1 Å². The van der Waals surface area contributed by atoms with Crippen molar-refractivity contribution >= 4 is 66.3 Å². The molecule has 0 fully saturated rings. The molecular formula is C59H54N2. The summed E-state index contributed by atoms with van der Waals surface area (Å²) >= 11 is 0. The average molecular weight is 791 g/mol. The Labute approximate surface area is 361 Å². The van der Waals surface area contributed by atoms with E-state index in [1.165, 1.54) is 65.8 Å². The van der Waals surface area contributed by atoms with Crippen LogP contribution in [-0.4, -0.2) is 12.4 Å². The van der Waals surface area contributed by atoms with Gasteiger partial charge in [-0.1, -0.05) is 227 Å². The van der Waals surface area contributed by atoms with Gasteiger partial charge in [0.1, 0.15) is 0 Å². The second-order valence-corrected chi connectivity index (χ2v) is 14.7. The van der Waals surface area contributed by atoms with Gasteiger partial charge < -0.3 is 5.41 Å². The summed E-state index contributed by atoms with van der Waals surface area (Å²) in [5.74, 6) is 0. The summed E-state index contributed by atoms with van der Waals surface area (Å²) in [6, 6.07) is 51.5. The first kappa shape index (κ1) is 43.2. The average Bonchev–Trinajstić information content (AvgIpc) is 3.30. The third-order valence-electron chi connectivity index (χ3n) is 10.2. The van der Waals surface area contributed by atoms with Crippen LogP contribution in [0.2, 0.25) is 0 Å². The Morgan fingerprint density at radius 2 is 1.13 bits per heavy atom. The molecule has 8 aromatic carbocycles. The summed E-state index contributed by atoms with van der Waals surface area (Å²) in [6.07, 6.45) is 22.2. The van der Waals surface area contributed by atoms with E-state index in [-0.39, 0.29) is 0 Å². The number of hydrogen-bond acceptors (Lipinski definition) is 2. The smallest absolute Gasteiger partial charge is 0.0716 e. The highest BCUT2D eigenvalue weighted by atomic mass is 14.7. The molecule has 0 aliphatic rings. The fourth-order valence-electron chi connectivity index (χ4n) is 7.47. The maximum absolute atomic E-state index is 8.92. The number of hydrogen-bond donors (Lipinski definition) is 1. The van der Waals surface area contributed by atoms with Gasteiger partial charge in [-0.05, 0) is 104 Å². The van der Waals surface area contributed by atoms with Gasteiger partial charge >= 0.3 is 0 Å². The van der Waals surface area contributed by atoms with E-state index in [0.717, 1.165) is 22.3 Å². The molecule has 2 heteroatoms. The molecule has 2 nitrogen and oxygen atoms in total. The molecule has 0 spiro atoms. The minimum atomic E-state index is 0.366. The van der Waals surface area contributed by atoms with Crippen molar-refractivity contribution < 1.29 is 0 Å². The zero-order valence-corrected chi connectivity index (χ0v) is 35.8. The van der Waals surface area contributed by atoms with Crippen molar-refractivity contribution in [1.29, 1.82) is 5.41 Å². The Bertz CT molecular complexity index is 3000. The molecule has 0 unspecified atom stereocenters. The summed E-state index contributed by atoms with van der Waals surface area (Å²) in [7, 11) is 0. The molecule has 0 aliphatic carbocycles. The Morgan fingerprint density at radius 1 is 0.574 bits per heavy atom. The van der Waals surface area contributed by atoms with Gasteiger partial charge in [0.15, 0.2) is 0 Å². The van der Waals surface area contributed by atoms with Gasteiger partial charge in [-0.3, -0.25) is 4.99 Å². The normalized spacial score (nSPS) is 12.1. The van der Waals surface area contributed by atoms with E-state index in [4.69, 9.17) is 5.41 Å². The number of aliphatic imine (C=N–C) groups is 1. The number of nitrogens with zero attached hydrogens (tertiary/aromatic N) is 1. The van der Waals surface area contributed by atoms with Crippen LogP contribution in [-0.2, 0) is 0 Å². The summed E-state index contributed by atoms with van der Waals surface area (Å²) in [4.78, 5) is 4.26. The molecule has 8 rings (SSSR count). The van der Waals surface area contributed by atoms with Crippen LogP contribution in [0, 0.1) is 12.3 Å². The van der Waals surface area contributed by atoms with Crippen molar-refractivity contribution in [2.24, 2.45) is 4.99 Å². The predicted molar refractivity (Wildman–Crippen MR) is 272 cm³/mol. The Morgan fingerprint density at radius 3 is 1.75 bits per heavy atom. The topological polar surface area (TPSA) is 36.2 Å². The van der Waals surface area contributed by atoms with Crippen LogP contribution in [0.25, 0.3) is 65.0 Å². The highest BCUT2D eigenvalue weighted by Gasteiger charge is 2.11. The number of nitrogens with one attached hydrogen (secondary N) is 1. The van der Waals surface area contributed by atoms with Crippen molar-refractivity contribution in [3.8, 4) is 11.1 Å². The number of aryl methyl sites for hydroxylation is 1. The van der Waals surface area contributed by atoms with Gasteiger partial charge in [0.2, 0.25) is 0 Å². The van der Waals surface area contributed by atoms with E-state index in [9.17, 15) is 0 Å². The van der Waals surface area contributed by atoms with Crippen molar-refractivity contribution in [3.05, 3.63) is 241 Å². The van der Waals surface area contributed by atoms with Crippen LogP contribution in [0.5, 0.6) is 0 Å². The largest absolute Gasteiger partial charge is 0.300 e. The summed E-state index contributed by atoms with van der Waals surface area (Å²) < 4.78 is 0. The van der Waals surface area contributed by atoms with E-state index < -0.39 is 0 Å². The molecule has 0 saturated carbocycles. The van der Waals surface area contributed by atoms with Crippen LogP contribution in [0.3, 0.4) is 0 Å². The maximum atomic E-state index is 8.92. The van der Waals surface area contributed by atoms with Gasteiger partial charge in [-0.25, -0.2) is 0 Å². The first-order chi connectivity index (χ1) is 29.9. The van der Waals surface area contributed by atoms with Gasteiger partial charge in [-0.15, -0.1) is 0 Å². The second kappa shape index (κ2) is 21.5. The van der Waals surface area contributed by atoms with Crippen LogP contribution >= 0.6 is 0 Å². The third kappa shape index (κ3) is 10.4. The lowest BCUT2D eigenvalue weighted by Gasteiger charge is -2.12. The number of allylic oxidation sites excluding steroid dienone is 11. The van der Waals surface area contributed by atoms with Crippen molar-refractivity contribution in [2.75, 3.05) is 0 Å². The standard InChI is InChI=1S/C37H32N2.C19H14.C3H8/c1-4-6-8-9-11-18-28(17-10-7-5-2)37(39-3)27-36(38)31-21-16-20-29(25-31)35-26-30-19-12-13-22-32(30)33-23-14-15-24-34(33)35;1-13-10-11-18-16-8-3-2-6-14(16)15-7-4-5-9-17(15)19(18)12-13;1-3-2/h4-27,38H,1,3H2,2H3;2-12H,1H3;3H2,1-2H3/b7-5+,8-6-,11-9-,17-10+,28-18+,37-27-,38-36?;;. The van der Waals surface area contributed by atoms with Gasteiger partial charge in [-0.2, -0.15) is 0 Å². The molecule has 0 heterocycles. The highest BCUT2D eigenvalue weighted by molar-refractivity contribution is 6.25. The van der Waals surface area contributed by atoms with Gasteiger partial charge in [0, 0.05) is 11.1 Å². The maximum Gasteiger partial charge on any atom is 0.0716 e. The predicted octanol–water partition coefficient (Wildman–Crippen LogP) is 16.8. The quantitative estimate of drug-likeness (QED) is 0.0814. The molecule has 0 radical (unpaired) electrons. The van der Waals surface area contributed by atoms with Crippen molar-refractivity contribution in [1.82, 2.24) is 0 Å². The van der Waals surface area contributed by atoms with Crippen LogP contribution in [0.15, 0.2) is 235 Å². The molecule has 0 atom stereocenters. The number of rotatable bonds is 10. The summed E-state index contributed by atoms with van der Waals surface area (Å²) in [5, 5.41) is 21.9. The summed E-state index contributed by atoms with van der Waals surface area (Å²) in [6.45, 7) is 15.8. The van der Waals surface area contributed by atoms with E-state index in [2.05, 4.69) is 173 Å².